The molecule has 22 heavy (non-hydrogen) atoms. The molecule has 2 aromatic carbocycles. The normalized spacial score (nSPS) is 10.0. The lowest BCUT2D eigenvalue weighted by atomic mass is 10.2. The van der Waals surface area contributed by atoms with E-state index in [9.17, 15) is 20.0 Å². The van der Waals surface area contributed by atoms with Crippen molar-refractivity contribution in [1.82, 2.24) is 0 Å². The van der Waals surface area contributed by atoms with E-state index in [1.807, 2.05) is 0 Å². The SMILES string of the molecule is COc1cccc(C(=O)OCc2ccc([N+](=O)[O-])cc2)c1O. The van der Waals surface area contributed by atoms with Crippen LogP contribution in [0, 0.1) is 10.1 Å². The number of phenolic OH excluding ortho intramolecular Hbond substituents is 1. The third-order valence-corrected chi connectivity index (χ3v) is 2.96. The second-order valence-electron chi connectivity index (χ2n) is 4.36. The third kappa shape index (κ3) is 3.32. The lowest BCUT2D eigenvalue weighted by Crippen LogP contribution is -2.06. The molecular weight excluding hydrogens is 290 g/mol. The number of nitro benzene ring substituents is 1. The summed E-state index contributed by atoms with van der Waals surface area (Å²) in [6.45, 7) is -0.0620. The average Bonchev–Trinajstić information content (AvgIpc) is 2.53. The van der Waals surface area contributed by atoms with Gasteiger partial charge in [0.05, 0.1) is 12.0 Å². The predicted octanol–water partition coefficient (Wildman–Crippen LogP) is 2.67. The van der Waals surface area contributed by atoms with Crippen LogP contribution in [0.25, 0.3) is 0 Å². The van der Waals surface area contributed by atoms with Gasteiger partial charge in [-0.1, -0.05) is 6.07 Å². The molecule has 0 aliphatic rings. The summed E-state index contributed by atoms with van der Waals surface area (Å²) in [6, 6.07) is 10.1. The first-order valence-corrected chi connectivity index (χ1v) is 6.29. The van der Waals surface area contributed by atoms with Crippen molar-refractivity contribution in [2.24, 2.45) is 0 Å². The van der Waals surface area contributed by atoms with Gasteiger partial charge in [-0.2, -0.15) is 0 Å². The number of rotatable bonds is 5. The second kappa shape index (κ2) is 6.57. The van der Waals surface area contributed by atoms with Gasteiger partial charge in [-0.25, -0.2) is 4.79 Å². The Labute approximate surface area is 125 Å². The van der Waals surface area contributed by atoms with Gasteiger partial charge in [0.15, 0.2) is 11.5 Å². The quantitative estimate of drug-likeness (QED) is 0.518. The highest BCUT2D eigenvalue weighted by Crippen LogP contribution is 2.29. The van der Waals surface area contributed by atoms with Crippen molar-refractivity contribution in [1.29, 1.82) is 0 Å². The second-order valence-corrected chi connectivity index (χ2v) is 4.36. The molecule has 1 N–H and O–H groups in total. The number of aromatic hydroxyl groups is 1. The lowest BCUT2D eigenvalue weighted by Gasteiger charge is -2.09. The van der Waals surface area contributed by atoms with Crippen molar-refractivity contribution in [3.05, 3.63) is 63.7 Å². The zero-order chi connectivity index (χ0) is 16.1. The van der Waals surface area contributed by atoms with Gasteiger partial charge in [0.2, 0.25) is 0 Å². The number of ether oxygens (including phenoxy) is 2. The van der Waals surface area contributed by atoms with E-state index in [1.54, 1.807) is 6.07 Å². The molecule has 0 fully saturated rings. The van der Waals surface area contributed by atoms with Gasteiger partial charge in [-0.3, -0.25) is 10.1 Å². The van der Waals surface area contributed by atoms with Crippen molar-refractivity contribution < 1.29 is 24.3 Å². The Balaban J connectivity index is 2.05. The number of nitro groups is 1. The van der Waals surface area contributed by atoms with Crippen molar-refractivity contribution in [3.63, 3.8) is 0 Å². The molecule has 0 aliphatic heterocycles. The standard InChI is InChI=1S/C15H13NO6/c1-21-13-4-2-3-12(14(13)17)15(18)22-9-10-5-7-11(8-6-10)16(19)20/h2-8,17H,9H2,1H3. The average molecular weight is 303 g/mol. The van der Waals surface area contributed by atoms with E-state index < -0.39 is 10.9 Å². The molecule has 0 unspecified atom stereocenters. The molecule has 7 heteroatoms. The predicted molar refractivity (Wildman–Crippen MR) is 76.9 cm³/mol. The Morgan fingerprint density at radius 3 is 2.50 bits per heavy atom. The molecule has 114 valence electrons. The molecule has 7 nitrogen and oxygen atoms in total. The summed E-state index contributed by atoms with van der Waals surface area (Å²) in [6.07, 6.45) is 0. The van der Waals surface area contributed by atoms with Crippen LogP contribution in [0.15, 0.2) is 42.5 Å². The summed E-state index contributed by atoms with van der Waals surface area (Å²) in [7, 11) is 1.38. The van der Waals surface area contributed by atoms with Crippen LogP contribution in [0.5, 0.6) is 11.5 Å². The van der Waals surface area contributed by atoms with Gasteiger partial charge in [0.1, 0.15) is 12.2 Å². The first-order valence-electron chi connectivity index (χ1n) is 6.29. The number of methoxy groups -OCH3 is 1. The smallest absolute Gasteiger partial charge is 0.342 e. The maximum atomic E-state index is 11.9. The molecular formula is C15H13NO6. The summed E-state index contributed by atoms with van der Waals surface area (Å²) < 4.78 is 9.98. The number of benzene rings is 2. The molecule has 2 aromatic rings. The van der Waals surface area contributed by atoms with E-state index >= 15 is 0 Å². The molecule has 0 aromatic heterocycles. The van der Waals surface area contributed by atoms with Crippen LogP contribution in [0.3, 0.4) is 0 Å². The maximum Gasteiger partial charge on any atom is 0.342 e. The Morgan fingerprint density at radius 2 is 1.91 bits per heavy atom. The van der Waals surface area contributed by atoms with E-state index in [-0.39, 0.29) is 29.4 Å². The molecule has 0 saturated heterocycles. The van der Waals surface area contributed by atoms with Crippen LogP contribution in [0.4, 0.5) is 5.69 Å². The Morgan fingerprint density at radius 1 is 1.23 bits per heavy atom. The van der Waals surface area contributed by atoms with Gasteiger partial charge in [-0.15, -0.1) is 0 Å². The van der Waals surface area contributed by atoms with E-state index in [0.717, 1.165) is 0 Å². The zero-order valence-corrected chi connectivity index (χ0v) is 11.7. The van der Waals surface area contributed by atoms with E-state index in [4.69, 9.17) is 9.47 Å². The number of nitrogens with zero attached hydrogens (tertiary/aromatic N) is 1. The minimum absolute atomic E-state index is 0.0127. The summed E-state index contributed by atoms with van der Waals surface area (Å²) >= 11 is 0. The highest BCUT2D eigenvalue weighted by molar-refractivity contribution is 5.93. The fraction of sp³-hybridized carbons (Fsp3) is 0.133. The minimum atomic E-state index is -0.713. The van der Waals surface area contributed by atoms with Crippen molar-refractivity contribution in [2.45, 2.75) is 6.61 Å². The number of phenols is 1. The summed E-state index contributed by atoms with van der Waals surface area (Å²) in [5, 5.41) is 20.4. The topological polar surface area (TPSA) is 98.9 Å². The molecule has 0 bridgehead atoms. The molecule has 0 amide bonds. The van der Waals surface area contributed by atoms with Crippen molar-refractivity contribution in [3.8, 4) is 11.5 Å². The van der Waals surface area contributed by atoms with E-state index in [0.29, 0.717) is 5.56 Å². The largest absolute Gasteiger partial charge is 0.504 e. The van der Waals surface area contributed by atoms with Gasteiger partial charge < -0.3 is 14.6 Å². The monoisotopic (exact) mass is 303 g/mol. The molecule has 2 rings (SSSR count). The van der Waals surface area contributed by atoms with Crippen LogP contribution in [-0.2, 0) is 11.3 Å². The number of hydrogen-bond acceptors (Lipinski definition) is 6. The highest BCUT2D eigenvalue weighted by atomic mass is 16.6. The molecule has 0 heterocycles. The van der Waals surface area contributed by atoms with Gasteiger partial charge in [0, 0.05) is 12.1 Å². The first kappa shape index (κ1) is 15.3. The lowest BCUT2D eigenvalue weighted by molar-refractivity contribution is -0.384. The van der Waals surface area contributed by atoms with Crippen LogP contribution in [0.1, 0.15) is 15.9 Å². The summed E-state index contributed by atoms with van der Waals surface area (Å²) in [5.74, 6) is -0.835. The number of hydrogen-bond donors (Lipinski definition) is 1. The third-order valence-electron chi connectivity index (χ3n) is 2.96. The van der Waals surface area contributed by atoms with Crippen molar-refractivity contribution in [2.75, 3.05) is 7.11 Å². The molecule has 0 saturated carbocycles. The van der Waals surface area contributed by atoms with Crippen LogP contribution < -0.4 is 4.74 Å². The van der Waals surface area contributed by atoms with E-state index in [2.05, 4.69) is 0 Å². The number of esters is 1. The fourth-order valence-electron chi connectivity index (χ4n) is 1.79. The Hall–Kier alpha value is -3.09. The van der Waals surface area contributed by atoms with Crippen molar-refractivity contribution >= 4 is 11.7 Å². The Kier molecular flexibility index (Phi) is 4.57. The molecule has 0 aliphatic carbocycles. The minimum Gasteiger partial charge on any atom is -0.504 e. The maximum absolute atomic E-state index is 11.9. The summed E-state index contributed by atoms with van der Waals surface area (Å²) in [4.78, 5) is 22.0. The van der Waals surface area contributed by atoms with Gasteiger partial charge in [-0.05, 0) is 29.8 Å². The van der Waals surface area contributed by atoms with Crippen LogP contribution in [0.2, 0.25) is 0 Å². The zero-order valence-electron chi connectivity index (χ0n) is 11.7. The Bertz CT molecular complexity index is 696. The molecule has 0 atom stereocenters. The number of carbonyl (C=O) groups excluding carboxylic acids is 1. The van der Waals surface area contributed by atoms with E-state index in [1.165, 1.54) is 43.5 Å². The number of para-hydroxylation sites is 1. The molecule has 0 radical (unpaired) electrons. The fourth-order valence-corrected chi connectivity index (χ4v) is 1.79. The van der Waals surface area contributed by atoms with Crippen LogP contribution in [-0.4, -0.2) is 23.1 Å². The van der Waals surface area contributed by atoms with Gasteiger partial charge >= 0.3 is 5.97 Å². The first-order chi connectivity index (χ1) is 10.5. The number of carbonyl (C=O) groups is 1. The highest BCUT2D eigenvalue weighted by Gasteiger charge is 2.16. The summed E-state index contributed by atoms with van der Waals surface area (Å²) in [5.41, 5.74) is 0.545. The van der Waals surface area contributed by atoms with Crippen LogP contribution >= 0.6 is 0 Å². The number of non-ortho nitro benzene ring substituents is 1. The molecule has 0 spiro atoms. The van der Waals surface area contributed by atoms with Gasteiger partial charge in [0.25, 0.3) is 5.69 Å².